The van der Waals surface area contributed by atoms with Gasteiger partial charge in [0.1, 0.15) is 5.69 Å². The molecule has 1 nitrogen and oxygen atoms in total. The monoisotopic (exact) mass is 275 g/mol. The maximum Gasteiger partial charge on any atom is 0.281 e. The molecule has 6 heteroatoms. The molecular weight excluding hydrogens is 275 g/mol. The van der Waals surface area contributed by atoms with Gasteiger partial charge in [0, 0.05) is 6.20 Å². The first-order chi connectivity index (χ1) is 5.54. The van der Waals surface area contributed by atoms with Crippen molar-refractivity contribution >= 4 is 39.1 Å². The van der Waals surface area contributed by atoms with E-state index in [9.17, 15) is 8.78 Å². The van der Waals surface area contributed by atoms with Crippen LogP contribution >= 0.6 is 39.1 Å². The van der Waals surface area contributed by atoms with E-state index in [1.54, 1.807) is 0 Å². The van der Waals surface area contributed by atoms with Gasteiger partial charge in [-0.2, -0.15) is 0 Å². The van der Waals surface area contributed by atoms with Crippen LogP contribution in [0.2, 0.25) is 10.0 Å². The van der Waals surface area contributed by atoms with Crippen LogP contribution in [0.15, 0.2) is 10.7 Å². The van der Waals surface area contributed by atoms with Gasteiger partial charge in [-0.05, 0) is 15.9 Å². The molecule has 0 radical (unpaired) electrons. The zero-order valence-electron chi connectivity index (χ0n) is 5.49. The Morgan fingerprint density at radius 2 is 1.92 bits per heavy atom. The predicted molar refractivity (Wildman–Crippen MR) is 46.9 cm³/mol. The van der Waals surface area contributed by atoms with Crippen molar-refractivity contribution in [2.75, 3.05) is 0 Å². The molecule has 0 amide bonds. The van der Waals surface area contributed by atoms with Crippen LogP contribution < -0.4 is 0 Å². The third-order valence-electron chi connectivity index (χ3n) is 1.15. The molecular formula is C6H2BrCl2F2N. The van der Waals surface area contributed by atoms with Gasteiger partial charge in [0.05, 0.1) is 14.5 Å². The van der Waals surface area contributed by atoms with Crippen LogP contribution in [0.3, 0.4) is 0 Å². The van der Waals surface area contributed by atoms with E-state index in [-0.39, 0.29) is 10.0 Å². The highest BCUT2D eigenvalue weighted by atomic mass is 79.9. The Hall–Kier alpha value is 0.0700. The number of hydrogen-bond donors (Lipinski definition) is 0. The lowest BCUT2D eigenvalue weighted by Gasteiger charge is -2.04. The molecule has 0 unspecified atom stereocenters. The minimum atomic E-state index is -2.71. The second-order valence-corrected chi connectivity index (χ2v) is 3.53. The topological polar surface area (TPSA) is 12.9 Å². The highest BCUT2D eigenvalue weighted by Crippen LogP contribution is 2.35. The summed E-state index contributed by atoms with van der Waals surface area (Å²) < 4.78 is 24.6. The fourth-order valence-corrected chi connectivity index (χ4v) is 1.40. The van der Waals surface area contributed by atoms with E-state index < -0.39 is 12.1 Å². The maximum absolute atomic E-state index is 12.1. The normalized spacial score (nSPS) is 10.8. The molecule has 0 aromatic carbocycles. The predicted octanol–water partition coefficient (Wildman–Crippen LogP) is 4.09. The lowest BCUT2D eigenvalue weighted by atomic mass is 10.3. The molecule has 1 heterocycles. The molecule has 1 aromatic rings. The number of pyridine rings is 1. The van der Waals surface area contributed by atoms with E-state index >= 15 is 0 Å². The fourth-order valence-electron chi connectivity index (χ4n) is 0.609. The number of nitrogens with zero attached hydrogens (tertiary/aromatic N) is 1. The first kappa shape index (κ1) is 10.2. The van der Waals surface area contributed by atoms with E-state index in [4.69, 9.17) is 23.2 Å². The minimum Gasteiger partial charge on any atom is -0.252 e. The molecule has 1 rings (SSSR count). The Bertz CT molecular complexity index is 306. The first-order valence-corrected chi connectivity index (χ1v) is 4.36. The molecule has 0 fully saturated rings. The SMILES string of the molecule is FC(F)c1ncc(Br)c(Cl)c1Cl. The van der Waals surface area contributed by atoms with Gasteiger partial charge >= 0.3 is 0 Å². The quantitative estimate of drug-likeness (QED) is 0.753. The molecule has 12 heavy (non-hydrogen) atoms. The first-order valence-electron chi connectivity index (χ1n) is 2.81. The van der Waals surface area contributed by atoms with Gasteiger partial charge in [-0.15, -0.1) is 0 Å². The van der Waals surface area contributed by atoms with Crippen LogP contribution in [0.5, 0.6) is 0 Å². The summed E-state index contributed by atoms with van der Waals surface area (Å²) in [7, 11) is 0. The molecule has 0 spiro atoms. The number of aromatic nitrogens is 1. The van der Waals surface area contributed by atoms with E-state index in [0.717, 1.165) is 0 Å². The van der Waals surface area contributed by atoms with Crippen molar-refractivity contribution in [1.29, 1.82) is 0 Å². The lowest BCUT2D eigenvalue weighted by Crippen LogP contribution is -1.92. The highest BCUT2D eigenvalue weighted by molar-refractivity contribution is 9.10. The van der Waals surface area contributed by atoms with Gasteiger partial charge in [-0.25, -0.2) is 8.78 Å². The van der Waals surface area contributed by atoms with Crippen molar-refractivity contribution in [3.05, 3.63) is 26.4 Å². The van der Waals surface area contributed by atoms with E-state index in [2.05, 4.69) is 20.9 Å². The highest BCUT2D eigenvalue weighted by Gasteiger charge is 2.17. The van der Waals surface area contributed by atoms with Gasteiger partial charge in [-0.1, -0.05) is 23.2 Å². The Kier molecular flexibility index (Phi) is 3.26. The molecule has 66 valence electrons. The summed E-state index contributed by atoms with van der Waals surface area (Å²) in [5, 5.41) is -0.150. The smallest absolute Gasteiger partial charge is 0.252 e. The van der Waals surface area contributed by atoms with E-state index in [0.29, 0.717) is 4.47 Å². The molecule has 0 aliphatic carbocycles. The van der Waals surface area contributed by atoms with Crippen molar-refractivity contribution in [2.45, 2.75) is 6.43 Å². The number of halogens is 5. The maximum atomic E-state index is 12.1. The second-order valence-electron chi connectivity index (χ2n) is 1.92. The summed E-state index contributed by atoms with van der Waals surface area (Å²) in [6, 6.07) is 0. The summed E-state index contributed by atoms with van der Waals surface area (Å²) in [4.78, 5) is 3.42. The number of alkyl halides is 2. The zero-order chi connectivity index (χ0) is 9.30. The van der Waals surface area contributed by atoms with Crippen LogP contribution in [-0.2, 0) is 0 Å². The summed E-state index contributed by atoms with van der Waals surface area (Å²) in [6.07, 6.45) is -1.52. The third-order valence-corrected chi connectivity index (χ3v) is 2.85. The van der Waals surface area contributed by atoms with Crippen LogP contribution in [0.1, 0.15) is 12.1 Å². The van der Waals surface area contributed by atoms with Crippen molar-refractivity contribution in [3.8, 4) is 0 Å². The number of rotatable bonds is 1. The minimum absolute atomic E-state index is 0.0574. The molecule has 0 atom stereocenters. The average Bonchev–Trinajstić information content (AvgIpc) is 2.00. The number of hydrogen-bond acceptors (Lipinski definition) is 1. The van der Waals surface area contributed by atoms with Crippen LogP contribution in [0.25, 0.3) is 0 Å². The Morgan fingerprint density at radius 3 is 2.42 bits per heavy atom. The molecule has 1 aromatic heterocycles. The van der Waals surface area contributed by atoms with Gasteiger partial charge in [-0.3, -0.25) is 4.98 Å². The third kappa shape index (κ3) is 1.87. The fraction of sp³-hybridized carbons (Fsp3) is 0.167. The van der Waals surface area contributed by atoms with E-state index in [1.165, 1.54) is 6.20 Å². The molecule has 0 bridgehead atoms. The second kappa shape index (κ2) is 3.85. The zero-order valence-corrected chi connectivity index (χ0v) is 8.59. The van der Waals surface area contributed by atoms with Gasteiger partial charge in [0.15, 0.2) is 0 Å². The standard InChI is InChI=1S/C6H2BrCl2F2N/c7-2-1-12-5(6(10)11)4(9)3(2)8/h1,6H. The lowest BCUT2D eigenvalue weighted by molar-refractivity contribution is 0.146. The van der Waals surface area contributed by atoms with Gasteiger partial charge < -0.3 is 0 Å². The molecule has 0 aliphatic heterocycles. The Balaban J connectivity index is 3.27. The largest absolute Gasteiger partial charge is 0.281 e. The summed E-state index contributed by atoms with van der Waals surface area (Å²) >= 11 is 14.1. The van der Waals surface area contributed by atoms with E-state index in [1.807, 2.05) is 0 Å². The molecule has 0 aliphatic rings. The Morgan fingerprint density at radius 1 is 1.33 bits per heavy atom. The van der Waals surface area contributed by atoms with Crippen molar-refractivity contribution < 1.29 is 8.78 Å². The van der Waals surface area contributed by atoms with Crippen LogP contribution in [-0.4, -0.2) is 4.98 Å². The Labute approximate surface area is 85.8 Å². The van der Waals surface area contributed by atoms with Crippen LogP contribution in [0, 0.1) is 0 Å². The molecule has 0 saturated carbocycles. The summed E-state index contributed by atoms with van der Waals surface area (Å²) in [5.41, 5.74) is -0.495. The van der Waals surface area contributed by atoms with Crippen molar-refractivity contribution in [3.63, 3.8) is 0 Å². The average molecular weight is 277 g/mol. The van der Waals surface area contributed by atoms with Crippen molar-refractivity contribution in [1.82, 2.24) is 4.98 Å². The summed E-state index contributed by atoms with van der Waals surface area (Å²) in [5.74, 6) is 0. The van der Waals surface area contributed by atoms with Gasteiger partial charge in [0.25, 0.3) is 6.43 Å². The van der Waals surface area contributed by atoms with Crippen molar-refractivity contribution in [2.24, 2.45) is 0 Å². The van der Waals surface area contributed by atoms with Gasteiger partial charge in [0.2, 0.25) is 0 Å². The summed E-state index contributed by atoms with van der Waals surface area (Å²) in [6.45, 7) is 0. The molecule has 0 N–H and O–H groups in total. The van der Waals surface area contributed by atoms with Crippen LogP contribution in [0.4, 0.5) is 8.78 Å². The molecule has 0 saturated heterocycles.